The lowest BCUT2D eigenvalue weighted by Crippen LogP contribution is -2.53. The van der Waals surface area contributed by atoms with Gasteiger partial charge in [-0.15, -0.1) is 0 Å². The molecule has 1 saturated heterocycles. The fourth-order valence-electron chi connectivity index (χ4n) is 6.59. The molecule has 1 aliphatic rings. The normalized spacial score (nSPS) is 14.3. The first kappa shape index (κ1) is 37.6. The lowest BCUT2D eigenvalue weighted by Gasteiger charge is -2.35. The van der Waals surface area contributed by atoms with Crippen LogP contribution >= 0.6 is 0 Å². The SMILES string of the molecule is CC(C)(C)OC(=O)NS(=O)(=O)N1CCN(c2cccc(Cn3c(C(=O)OCc4ccccc4)c(-c4ccc(C(C)(C)C)cc4)c4ccccc43)c2)CC1. The third kappa shape index (κ3) is 8.92. The highest BCUT2D eigenvalue weighted by Gasteiger charge is 2.31. The Balaban J connectivity index is 1.29. The number of hydrogen-bond donors (Lipinski definition) is 1. The Hall–Kier alpha value is -5.13. The smallest absolute Gasteiger partial charge is 0.422 e. The molecular formula is C42H48N4O6S. The topological polar surface area (TPSA) is 110 Å². The Bertz CT molecular complexity index is 2190. The molecule has 0 unspecified atom stereocenters. The van der Waals surface area contributed by atoms with Crippen LogP contribution < -0.4 is 9.62 Å². The number of esters is 1. The van der Waals surface area contributed by atoms with Crippen LogP contribution in [0.5, 0.6) is 0 Å². The monoisotopic (exact) mass is 736 g/mol. The zero-order chi connectivity index (χ0) is 38.0. The van der Waals surface area contributed by atoms with Gasteiger partial charge in [0.2, 0.25) is 0 Å². The first-order chi connectivity index (χ1) is 25.1. The van der Waals surface area contributed by atoms with Crippen LogP contribution in [0.1, 0.15) is 68.7 Å². The Labute approximate surface area is 312 Å². The van der Waals surface area contributed by atoms with Crippen LogP contribution in [0.15, 0.2) is 103 Å². The van der Waals surface area contributed by atoms with E-state index in [4.69, 9.17) is 9.47 Å². The van der Waals surface area contributed by atoms with E-state index in [0.29, 0.717) is 25.3 Å². The second-order valence-electron chi connectivity index (χ2n) is 15.4. The average Bonchev–Trinajstić information content (AvgIpc) is 3.43. The van der Waals surface area contributed by atoms with Crippen LogP contribution in [-0.4, -0.2) is 61.1 Å². The summed E-state index contributed by atoms with van der Waals surface area (Å²) in [5.74, 6) is -0.409. The molecule has 2 heterocycles. The van der Waals surface area contributed by atoms with Crippen LogP contribution in [0.25, 0.3) is 22.0 Å². The van der Waals surface area contributed by atoms with Crippen LogP contribution in [0.4, 0.5) is 10.5 Å². The third-order valence-electron chi connectivity index (χ3n) is 9.22. The molecule has 10 nitrogen and oxygen atoms in total. The van der Waals surface area contributed by atoms with Gasteiger partial charge in [0.15, 0.2) is 0 Å². The summed E-state index contributed by atoms with van der Waals surface area (Å²) in [4.78, 5) is 28.6. The van der Waals surface area contributed by atoms with Crippen molar-refractivity contribution in [3.8, 4) is 11.1 Å². The molecule has 0 radical (unpaired) electrons. The number of aromatic nitrogens is 1. The van der Waals surface area contributed by atoms with Crippen LogP contribution in [-0.2, 0) is 38.2 Å². The van der Waals surface area contributed by atoms with Gasteiger partial charge in [-0.1, -0.05) is 106 Å². The van der Waals surface area contributed by atoms with Crippen molar-refractivity contribution < 1.29 is 27.5 Å². The molecule has 5 aromatic rings. The minimum atomic E-state index is -4.06. The molecule has 0 bridgehead atoms. The molecule has 0 atom stereocenters. The fourth-order valence-corrected chi connectivity index (χ4v) is 7.62. The number of nitrogens with zero attached hydrogens (tertiary/aromatic N) is 3. The second kappa shape index (κ2) is 15.1. The van der Waals surface area contributed by atoms with Gasteiger partial charge >= 0.3 is 22.3 Å². The molecule has 1 N–H and O–H groups in total. The number of hydrogen-bond acceptors (Lipinski definition) is 7. The molecule has 53 heavy (non-hydrogen) atoms. The van der Waals surface area contributed by atoms with Crippen LogP contribution in [0, 0.1) is 0 Å². The average molecular weight is 737 g/mol. The first-order valence-corrected chi connectivity index (χ1v) is 19.3. The number of fused-ring (bicyclic) bond motifs is 1. The van der Waals surface area contributed by atoms with E-state index in [2.05, 4.69) is 62.1 Å². The number of carbonyl (C=O) groups excluding carboxylic acids is 2. The van der Waals surface area contributed by atoms with Crippen molar-refractivity contribution in [1.29, 1.82) is 0 Å². The zero-order valence-electron chi connectivity index (χ0n) is 31.3. The summed E-state index contributed by atoms with van der Waals surface area (Å²) in [7, 11) is -4.06. The highest BCUT2D eigenvalue weighted by Crippen LogP contribution is 2.37. The van der Waals surface area contributed by atoms with Crippen molar-refractivity contribution in [3.63, 3.8) is 0 Å². The van der Waals surface area contributed by atoms with Gasteiger partial charge in [0, 0.05) is 54.9 Å². The van der Waals surface area contributed by atoms with E-state index < -0.39 is 27.9 Å². The number of anilines is 1. The number of rotatable bonds is 9. The molecule has 6 rings (SSSR count). The molecule has 0 saturated carbocycles. The van der Waals surface area contributed by atoms with Crippen molar-refractivity contribution in [1.82, 2.24) is 13.6 Å². The summed E-state index contributed by atoms with van der Waals surface area (Å²) in [6.07, 6.45) is -1.00. The van der Waals surface area contributed by atoms with Crippen molar-refractivity contribution in [3.05, 3.63) is 126 Å². The van der Waals surface area contributed by atoms with Crippen LogP contribution in [0.2, 0.25) is 0 Å². The third-order valence-corrected chi connectivity index (χ3v) is 10.7. The van der Waals surface area contributed by atoms with Crippen LogP contribution in [0.3, 0.4) is 0 Å². The minimum Gasteiger partial charge on any atom is -0.456 e. The molecule has 4 aromatic carbocycles. The Morgan fingerprint density at radius 3 is 2.06 bits per heavy atom. The molecule has 278 valence electrons. The van der Waals surface area contributed by atoms with Gasteiger partial charge < -0.3 is 18.9 Å². The van der Waals surface area contributed by atoms with E-state index in [-0.39, 0.29) is 25.1 Å². The minimum absolute atomic E-state index is 0.0210. The Morgan fingerprint density at radius 1 is 0.755 bits per heavy atom. The number of benzene rings is 4. The molecular weight excluding hydrogens is 689 g/mol. The van der Waals surface area contributed by atoms with Gasteiger partial charge in [-0.2, -0.15) is 12.7 Å². The maximum Gasteiger partial charge on any atom is 0.422 e. The van der Waals surface area contributed by atoms with Gasteiger partial charge in [0.05, 0.1) is 0 Å². The predicted octanol–water partition coefficient (Wildman–Crippen LogP) is 7.90. The standard InChI is InChI=1S/C42H48N4O6S/c1-41(2,3)33-21-19-32(20-22-33)37-35-17-10-11-18-36(35)46(38(37)39(47)51-29-30-13-8-7-9-14-30)28-31-15-12-16-34(27-31)44-23-25-45(26-24-44)53(49,50)43-40(48)52-42(4,5)6/h7-22,27H,23-26,28-29H2,1-6H3,(H,43,48). The van der Waals surface area contributed by atoms with Crippen molar-refractivity contribution >= 4 is 38.9 Å². The molecule has 1 aromatic heterocycles. The first-order valence-electron chi connectivity index (χ1n) is 17.9. The largest absolute Gasteiger partial charge is 0.456 e. The van der Waals surface area contributed by atoms with Gasteiger partial charge in [0.25, 0.3) is 0 Å². The molecule has 11 heteroatoms. The van der Waals surface area contributed by atoms with E-state index in [1.165, 1.54) is 9.87 Å². The summed E-state index contributed by atoms with van der Waals surface area (Å²) < 4.78 is 42.3. The molecule has 0 aliphatic carbocycles. The number of amides is 1. The number of carbonyl (C=O) groups is 2. The lowest BCUT2D eigenvalue weighted by molar-refractivity contribution is 0.0461. The highest BCUT2D eigenvalue weighted by atomic mass is 32.2. The van der Waals surface area contributed by atoms with Gasteiger partial charge in [-0.05, 0) is 66.6 Å². The summed E-state index contributed by atoms with van der Waals surface area (Å²) in [5, 5.41) is 0.955. The van der Waals surface area contributed by atoms with E-state index in [1.807, 2.05) is 76.0 Å². The van der Waals surface area contributed by atoms with E-state index in [1.54, 1.807) is 20.8 Å². The second-order valence-corrected chi connectivity index (χ2v) is 17.1. The van der Waals surface area contributed by atoms with Gasteiger partial charge in [0.1, 0.15) is 17.9 Å². The van der Waals surface area contributed by atoms with Crippen molar-refractivity contribution in [2.45, 2.75) is 65.7 Å². The summed E-state index contributed by atoms with van der Waals surface area (Å²) in [6.45, 7) is 13.4. The van der Waals surface area contributed by atoms with E-state index in [9.17, 15) is 18.0 Å². The van der Waals surface area contributed by atoms with E-state index >= 15 is 0 Å². The van der Waals surface area contributed by atoms with Crippen molar-refractivity contribution in [2.75, 3.05) is 31.1 Å². The Morgan fingerprint density at radius 2 is 1.40 bits per heavy atom. The highest BCUT2D eigenvalue weighted by molar-refractivity contribution is 7.87. The molecule has 0 spiro atoms. The lowest BCUT2D eigenvalue weighted by atomic mass is 9.86. The molecule has 1 fully saturated rings. The quantitative estimate of drug-likeness (QED) is 0.153. The fraction of sp³-hybridized carbons (Fsp3) is 0.333. The summed E-state index contributed by atoms with van der Waals surface area (Å²) in [6, 6.07) is 34.2. The van der Waals surface area contributed by atoms with E-state index in [0.717, 1.165) is 38.8 Å². The number of nitrogens with one attached hydrogen (secondary N) is 1. The Kier molecular flexibility index (Phi) is 10.7. The summed E-state index contributed by atoms with van der Waals surface area (Å²) >= 11 is 0. The molecule has 1 amide bonds. The van der Waals surface area contributed by atoms with Gasteiger partial charge in [-0.25, -0.2) is 14.3 Å². The summed E-state index contributed by atoms with van der Waals surface area (Å²) in [5.41, 5.74) is 6.32. The predicted molar refractivity (Wildman–Crippen MR) is 209 cm³/mol. The maximum atomic E-state index is 14.2. The number of ether oxygens (including phenoxy) is 2. The van der Waals surface area contributed by atoms with Crippen molar-refractivity contribution in [2.24, 2.45) is 0 Å². The maximum absolute atomic E-state index is 14.2. The van der Waals surface area contributed by atoms with Gasteiger partial charge in [-0.3, -0.25) is 0 Å². The molecule has 1 aliphatic heterocycles. The zero-order valence-corrected chi connectivity index (χ0v) is 32.1. The number of piperazine rings is 1. The number of para-hydroxylation sites is 1.